The normalized spacial score (nSPS) is 10.4. The minimum atomic E-state index is -1.02. The second-order valence-corrected chi connectivity index (χ2v) is 4.53. The van der Waals surface area contributed by atoms with Crippen LogP contribution in [0, 0.1) is 11.6 Å². The first-order valence-electron chi connectivity index (χ1n) is 5.15. The fraction of sp³-hybridized carbons (Fsp3) is 0.0769. The van der Waals surface area contributed by atoms with Crippen molar-refractivity contribution in [3.8, 4) is 0 Å². The van der Waals surface area contributed by atoms with Crippen molar-refractivity contribution >= 4 is 21.7 Å². The number of carbonyl (C=O) groups is 1. The summed E-state index contributed by atoms with van der Waals surface area (Å²) in [5.74, 6) is -2.25. The van der Waals surface area contributed by atoms with Gasteiger partial charge in [0.1, 0.15) is 4.60 Å². The Morgan fingerprint density at radius 2 is 1.94 bits per heavy atom. The lowest BCUT2D eigenvalue weighted by Crippen LogP contribution is -2.04. The molecular weight excluding hydrogens is 304 g/mol. The lowest BCUT2D eigenvalue weighted by Gasteiger charge is -2.02. The Labute approximate surface area is 111 Å². The molecule has 0 aliphatic carbocycles. The number of rotatable bonds is 3. The van der Waals surface area contributed by atoms with Crippen LogP contribution in [-0.4, -0.2) is 10.8 Å². The molecule has 0 radical (unpaired) electrons. The molecule has 18 heavy (non-hydrogen) atoms. The highest BCUT2D eigenvalue weighted by atomic mass is 79.9. The minimum Gasteiger partial charge on any atom is -0.294 e. The number of pyridine rings is 1. The van der Waals surface area contributed by atoms with Crippen molar-refractivity contribution in [2.24, 2.45) is 0 Å². The summed E-state index contributed by atoms with van der Waals surface area (Å²) >= 11 is 3.20. The van der Waals surface area contributed by atoms with E-state index in [0.717, 1.165) is 17.7 Å². The van der Waals surface area contributed by atoms with Gasteiger partial charge in [-0.1, -0.05) is 0 Å². The molecule has 0 saturated carbocycles. The van der Waals surface area contributed by atoms with Gasteiger partial charge in [0.2, 0.25) is 0 Å². The summed E-state index contributed by atoms with van der Waals surface area (Å²) in [4.78, 5) is 15.8. The van der Waals surface area contributed by atoms with Crippen LogP contribution >= 0.6 is 15.9 Å². The Morgan fingerprint density at radius 1 is 1.17 bits per heavy atom. The van der Waals surface area contributed by atoms with Gasteiger partial charge in [-0.15, -0.1) is 0 Å². The molecule has 0 unspecified atom stereocenters. The molecule has 5 heteroatoms. The summed E-state index contributed by atoms with van der Waals surface area (Å²) in [7, 11) is 0. The van der Waals surface area contributed by atoms with Gasteiger partial charge in [0.05, 0.1) is 0 Å². The third-order valence-corrected chi connectivity index (χ3v) is 2.83. The second kappa shape index (κ2) is 5.35. The molecule has 0 aliphatic heterocycles. The van der Waals surface area contributed by atoms with E-state index in [2.05, 4.69) is 20.9 Å². The van der Waals surface area contributed by atoms with Gasteiger partial charge in [0.15, 0.2) is 17.4 Å². The van der Waals surface area contributed by atoms with Gasteiger partial charge in [-0.25, -0.2) is 13.8 Å². The van der Waals surface area contributed by atoms with Crippen LogP contribution in [0.15, 0.2) is 41.1 Å². The third kappa shape index (κ3) is 2.98. The number of benzene rings is 1. The average molecular weight is 312 g/mol. The van der Waals surface area contributed by atoms with Gasteiger partial charge in [-0.3, -0.25) is 4.79 Å². The predicted molar refractivity (Wildman–Crippen MR) is 66.3 cm³/mol. The Morgan fingerprint density at radius 3 is 2.61 bits per heavy atom. The lowest BCUT2D eigenvalue weighted by molar-refractivity contribution is 0.0992. The van der Waals surface area contributed by atoms with E-state index in [9.17, 15) is 13.6 Å². The standard InChI is InChI=1S/C13H8BrF2NO/c14-13-6-8(3-4-17-13)5-12(18)9-1-2-10(15)11(16)7-9/h1-4,6-7H,5H2. The van der Waals surface area contributed by atoms with Crippen LogP contribution in [0.2, 0.25) is 0 Å². The summed E-state index contributed by atoms with van der Waals surface area (Å²) in [6.45, 7) is 0. The number of Topliss-reactive ketones (excluding diaryl/α,β-unsaturated/α-hetero) is 1. The van der Waals surface area contributed by atoms with Crippen molar-refractivity contribution in [2.45, 2.75) is 6.42 Å². The quantitative estimate of drug-likeness (QED) is 0.641. The average Bonchev–Trinajstić information content (AvgIpc) is 2.32. The Balaban J connectivity index is 2.19. The predicted octanol–water partition coefficient (Wildman–Crippen LogP) is 3.55. The van der Waals surface area contributed by atoms with Gasteiger partial charge >= 0.3 is 0 Å². The number of nitrogens with zero attached hydrogens (tertiary/aromatic N) is 1. The molecule has 2 nitrogen and oxygen atoms in total. The summed E-state index contributed by atoms with van der Waals surface area (Å²) in [6, 6.07) is 6.54. The maximum Gasteiger partial charge on any atom is 0.167 e. The maximum atomic E-state index is 13.0. The summed E-state index contributed by atoms with van der Waals surface area (Å²) in [5, 5.41) is 0. The van der Waals surface area contributed by atoms with Crippen molar-refractivity contribution in [3.05, 3.63) is 63.9 Å². The van der Waals surface area contributed by atoms with Gasteiger partial charge in [-0.05, 0) is 51.8 Å². The van der Waals surface area contributed by atoms with Gasteiger partial charge in [0, 0.05) is 18.2 Å². The smallest absolute Gasteiger partial charge is 0.167 e. The van der Waals surface area contributed by atoms with E-state index in [0.29, 0.717) is 4.60 Å². The molecule has 0 bridgehead atoms. The van der Waals surface area contributed by atoms with E-state index in [1.807, 2.05) is 0 Å². The molecule has 0 N–H and O–H groups in total. The highest BCUT2D eigenvalue weighted by Crippen LogP contribution is 2.13. The molecule has 92 valence electrons. The first-order valence-corrected chi connectivity index (χ1v) is 5.94. The number of carbonyl (C=O) groups excluding carboxylic acids is 1. The van der Waals surface area contributed by atoms with Crippen LogP contribution in [0.1, 0.15) is 15.9 Å². The van der Waals surface area contributed by atoms with Crippen molar-refractivity contribution in [3.63, 3.8) is 0 Å². The first kappa shape index (κ1) is 12.8. The van der Waals surface area contributed by atoms with E-state index in [1.54, 1.807) is 18.3 Å². The van der Waals surface area contributed by atoms with Crippen LogP contribution in [-0.2, 0) is 6.42 Å². The van der Waals surface area contributed by atoms with Crippen LogP contribution in [0.25, 0.3) is 0 Å². The van der Waals surface area contributed by atoms with Crippen LogP contribution in [0.5, 0.6) is 0 Å². The van der Waals surface area contributed by atoms with Gasteiger partial charge in [-0.2, -0.15) is 0 Å². The van der Waals surface area contributed by atoms with E-state index in [4.69, 9.17) is 0 Å². The number of ketones is 1. The monoisotopic (exact) mass is 311 g/mol. The molecule has 0 fully saturated rings. The van der Waals surface area contributed by atoms with Crippen molar-refractivity contribution in [2.75, 3.05) is 0 Å². The molecule has 2 rings (SSSR count). The maximum absolute atomic E-state index is 13.0. The number of aromatic nitrogens is 1. The van der Waals surface area contributed by atoms with Crippen molar-refractivity contribution in [1.29, 1.82) is 0 Å². The molecule has 1 aromatic heterocycles. The van der Waals surface area contributed by atoms with E-state index in [-0.39, 0.29) is 17.8 Å². The van der Waals surface area contributed by atoms with Crippen molar-refractivity contribution < 1.29 is 13.6 Å². The molecule has 0 spiro atoms. The molecule has 0 amide bonds. The Kier molecular flexibility index (Phi) is 3.81. The second-order valence-electron chi connectivity index (χ2n) is 3.72. The van der Waals surface area contributed by atoms with E-state index < -0.39 is 11.6 Å². The van der Waals surface area contributed by atoms with Gasteiger partial charge < -0.3 is 0 Å². The van der Waals surface area contributed by atoms with Crippen molar-refractivity contribution in [1.82, 2.24) is 4.98 Å². The zero-order valence-corrected chi connectivity index (χ0v) is 10.7. The highest BCUT2D eigenvalue weighted by Gasteiger charge is 2.10. The summed E-state index contributed by atoms with van der Waals surface area (Å²) < 4.78 is 26.4. The molecule has 0 atom stereocenters. The summed E-state index contributed by atoms with van der Waals surface area (Å²) in [6.07, 6.45) is 1.68. The molecule has 0 saturated heterocycles. The van der Waals surface area contributed by atoms with Crippen LogP contribution < -0.4 is 0 Å². The molecule has 1 aromatic carbocycles. The van der Waals surface area contributed by atoms with Gasteiger partial charge in [0.25, 0.3) is 0 Å². The molecule has 1 heterocycles. The van der Waals surface area contributed by atoms with E-state index in [1.165, 1.54) is 6.07 Å². The Hall–Kier alpha value is -1.62. The van der Waals surface area contributed by atoms with Crippen LogP contribution in [0.4, 0.5) is 8.78 Å². The fourth-order valence-electron chi connectivity index (χ4n) is 1.51. The molecular formula is C13H8BrF2NO. The molecule has 0 aliphatic rings. The number of hydrogen-bond acceptors (Lipinski definition) is 2. The first-order chi connectivity index (χ1) is 8.56. The molecule has 2 aromatic rings. The third-order valence-electron chi connectivity index (χ3n) is 2.40. The zero-order valence-electron chi connectivity index (χ0n) is 9.16. The SMILES string of the molecule is O=C(Cc1ccnc(Br)c1)c1ccc(F)c(F)c1. The Bertz CT molecular complexity index is 601. The highest BCUT2D eigenvalue weighted by molar-refractivity contribution is 9.10. The minimum absolute atomic E-state index is 0.117. The number of hydrogen-bond donors (Lipinski definition) is 0. The van der Waals surface area contributed by atoms with E-state index >= 15 is 0 Å². The zero-order chi connectivity index (χ0) is 13.1. The summed E-state index contributed by atoms with van der Waals surface area (Å²) in [5.41, 5.74) is 0.911. The fourth-order valence-corrected chi connectivity index (χ4v) is 1.92. The lowest BCUT2D eigenvalue weighted by atomic mass is 10.0. The largest absolute Gasteiger partial charge is 0.294 e. The number of halogens is 3. The topological polar surface area (TPSA) is 30.0 Å². The van der Waals surface area contributed by atoms with Crippen LogP contribution in [0.3, 0.4) is 0 Å².